The Morgan fingerprint density at radius 3 is 2.50 bits per heavy atom. The van der Waals surface area contributed by atoms with Crippen LogP contribution in [0.2, 0.25) is 0 Å². The van der Waals surface area contributed by atoms with Crippen molar-refractivity contribution in [3.8, 4) is 16.9 Å². The van der Waals surface area contributed by atoms with Crippen molar-refractivity contribution in [2.45, 2.75) is 6.92 Å². The molecule has 2 aromatic carbocycles. The minimum absolute atomic E-state index is 0.355. The Labute approximate surface area is 118 Å². The molecule has 0 saturated carbocycles. The molecule has 104 valence electrons. The van der Waals surface area contributed by atoms with Crippen molar-refractivity contribution in [2.24, 2.45) is 0 Å². The Morgan fingerprint density at radius 1 is 1.10 bits per heavy atom. The van der Waals surface area contributed by atoms with E-state index in [1.165, 1.54) is 7.11 Å². The Hall–Kier alpha value is -2.49. The standard InChI is InChI=1S/C16H17NO3/c1-10-4-7-15(19-2)12(8-10)11-5-6-14(17)13(9-11)16(18)20-3/h4-9H,17H2,1-3H3. The van der Waals surface area contributed by atoms with Gasteiger partial charge in [-0.05, 0) is 36.8 Å². The summed E-state index contributed by atoms with van der Waals surface area (Å²) in [5.74, 6) is 0.298. The Kier molecular flexibility index (Phi) is 3.94. The minimum atomic E-state index is -0.448. The number of ether oxygens (including phenoxy) is 2. The van der Waals surface area contributed by atoms with Crippen molar-refractivity contribution < 1.29 is 14.3 Å². The predicted molar refractivity (Wildman–Crippen MR) is 78.9 cm³/mol. The van der Waals surface area contributed by atoms with Crippen LogP contribution in [0.5, 0.6) is 5.75 Å². The Morgan fingerprint density at radius 2 is 1.85 bits per heavy atom. The lowest BCUT2D eigenvalue weighted by Gasteiger charge is -2.12. The van der Waals surface area contributed by atoms with Crippen LogP contribution in [0.1, 0.15) is 15.9 Å². The SMILES string of the molecule is COC(=O)c1cc(-c2cc(C)ccc2OC)ccc1N. The zero-order chi connectivity index (χ0) is 14.7. The Bertz CT molecular complexity index is 650. The molecule has 0 unspecified atom stereocenters. The smallest absolute Gasteiger partial charge is 0.339 e. The molecular weight excluding hydrogens is 254 g/mol. The minimum Gasteiger partial charge on any atom is -0.496 e. The van der Waals surface area contributed by atoms with Crippen LogP contribution in [0.25, 0.3) is 11.1 Å². The molecule has 0 amide bonds. The summed E-state index contributed by atoms with van der Waals surface area (Å²) in [6.07, 6.45) is 0. The number of rotatable bonds is 3. The second-order valence-corrected chi connectivity index (χ2v) is 4.50. The van der Waals surface area contributed by atoms with Crippen molar-refractivity contribution in [3.05, 3.63) is 47.5 Å². The van der Waals surface area contributed by atoms with Gasteiger partial charge in [0.05, 0.1) is 19.8 Å². The van der Waals surface area contributed by atoms with Crippen LogP contribution in [0, 0.1) is 6.92 Å². The number of aryl methyl sites for hydroxylation is 1. The van der Waals surface area contributed by atoms with Gasteiger partial charge in [-0.1, -0.05) is 17.7 Å². The lowest BCUT2D eigenvalue weighted by atomic mass is 9.99. The molecule has 0 radical (unpaired) electrons. The average molecular weight is 271 g/mol. The Balaban J connectivity index is 2.59. The van der Waals surface area contributed by atoms with E-state index in [1.54, 1.807) is 19.2 Å². The van der Waals surface area contributed by atoms with E-state index in [0.717, 1.165) is 22.4 Å². The number of hydrogen-bond acceptors (Lipinski definition) is 4. The number of nitrogens with two attached hydrogens (primary N) is 1. The van der Waals surface area contributed by atoms with Gasteiger partial charge in [-0.3, -0.25) is 0 Å². The molecule has 2 rings (SSSR count). The summed E-state index contributed by atoms with van der Waals surface area (Å²) in [6, 6.07) is 11.2. The molecule has 4 heteroatoms. The second kappa shape index (κ2) is 5.65. The molecule has 4 nitrogen and oxygen atoms in total. The van der Waals surface area contributed by atoms with E-state index < -0.39 is 5.97 Å². The van der Waals surface area contributed by atoms with Crippen LogP contribution < -0.4 is 10.5 Å². The van der Waals surface area contributed by atoms with Gasteiger partial charge in [-0.2, -0.15) is 0 Å². The van der Waals surface area contributed by atoms with Crippen LogP contribution in [0.4, 0.5) is 5.69 Å². The quantitative estimate of drug-likeness (QED) is 0.688. The molecule has 0 aromatic heterocycles. The van der Waals surface area contributed by atoms with Crippen molar-refractivity contribution in [1.82, 2.24) is 0 Å². The fourth-order valence-corrected chi connectivity index (χ4v) is 2.06. The van der Waals surface area contributed by atoms with Crippen LogP contribution in [-0.4, -0.2) is 20.2 Å². The first-order chi connectivity index (χ1) is 9.56. The normalized spacial score (nSPS) is 10.2. The van der Waals surface area contributed by atoms with Gasteiger partial charge in [0.1, 0.15) is 5.75 Å². The van der Waals surface area contributed by atoms with Crippen LogP contribution in [0.3, 0.4) is 0 Å². The maximum Gasteiger partial charge on any atom is 0.339 e. The predicted octanol–water partition coefficient (Wildman–Crippen LogP) is 3.04. The van der Waals surface area contributed by atoms with E-state index in [0.29, 0.717) is 11.3 Å². The molecule has 0 heterocycles. The number of anilines is 1. The highest BCUT2D eigenvalue weighted by Gasteiger charge is 2.13. The molecule has 20 heavy (non-hydrogen) atoms. The number of nitrogen functional groups attached to an aromatic ring is 1. The van der Waals surface area contributed by atoms with Gasteiger partial charge in [0.15, 0.2) is 0 Å². The highest BCUT2D eigenvalue weighted by molar-refractivity contribution is 5.96. The number of esters is 1. The molecule has 0 aliphatic rings. The third-order valence-corrected chi connectivity index (χ3v) is 3.12. The average Bonchev–Trinajstić information content (AvgIpc) is 2.47. The maximum absolute atomic E-state index is 11.7. The van der Waals surface area contributed by atoms with Gasteiger partial charge in [0, 0.05) is 11.3 Å². The first-order valence-corrected chi connectivity index (χ1v) is 6.19. The largest absolute Gasteiger partial charge is 0.496 e. The molecule has 2 aromatic rings. The van der Waals surface area contributed by atoms with Crippen LogP contribution >= 0.6 is 0 Å². The second-order valence-electron chi connectivity index (χ2n) is 4.50. The first kappa shape index (κ1) is 13.9. The monoisotopic (exact) mass is 271 g/mol. The molecule has 0 saturated heterocycles. The molecule has 0 atom stereocenters. The molecule has 2 N–H and O–H groups in total. The summed E-state index contributed by atoms with van der Waals surface area (Å²) in [5.41, 5.74) is 9.45. The number of methoxy groups -OCH3 is 2. The number of carbonyl (C=O) groups excluding carboxylic acids is 1. The lowest BCUT2D eigenvalue weighted by Crippen LogP contribution is -2.05. The summed E-state index contributed by atoms with van der Waals surface area (Å²) < 4.78 is 10.1. The first-order valence-electron chi connectivity index (χ1n) is 6.19. The molecule has 0 aliphatic carbocycles. The summed E-state index contributed by atoms with van der Waals surface area (Å²) in [6.45, 7) is 2.00. The molecule has 0 bridgehead atoms. The van der Waals surface area contributed by atoms with E-state index in [4.69, 9.17) is 15.2 Å². The van der Waals surface area contributed by atoms with Gasteiger partial charge in [0.25, 0.3) is 0 Å². The zero-order valence-corrected chi connectivity index (χ0v) is 11.8. The van der Waals surface area contributed by atoms with E-state index in [-0.39, 0.29) is 0 Å². The summed E-state index contributed by atoms with van der Waals surface area (Å²) in [4.78, 5) is 11.7. The van der Waals surface area contributed by atoms with E-state index in [9.17, 15) is 4.79 Å². The van der Waals surface area contributed by atoms with Crippen molar-refractivity contribution in [3.63, 3.8) is 0 Å². The molecule has 0 aliphatic heterocycles. The maximum atomic E-state index is 11.7. The van der Waals surface area contributed by atoms with Crippen molar-refractivity contribution in [2.75, 3.05) is 20.0 Å². The number of hydrogen-bond donors (Lipinski definition) is 1. The highest BCUT2D eigenvalue weighted by Crippen LogP contribution is 2.32. The van der Waals surface area contributed by atoms with Gasteiger partial charge >= 0.3 is 5.97 Å². The van der Waals surface area contributed by atoms with Crippen LogP contribution in [0.15, 0.2) is 36.4 Å². The van der Waals surface area contributed by atoms with E-state index in [2.05, 4.69) is 0 Å². The number of benzene rings is 2. The van der Waals surface area contributed by atoms with Gasteiger partial charge in [0.2, 0.25) is 0 Å². The fraction of sp³-hybridized carbons (Fsp3) is 0.188. The van der Waals surface area contributed by atoms with Crippen molar-refractivity contribution >= 4 is 11.7 Å². The third-order valence-electron chi connectivity index (χ3n) is 3.12. The van der Waals surface area contributed by atoms with E-state index in [1.807, 2.05) is 31.2 Å². The molecule has 0 fully saturated rings. The van der Waals surface area contributed by atoms with Gasteiger partial charge in [-0.25, -0.2) is 4.79 Å². The zero-order valence-electron chi connectivity index (χ0n) is 11.8. The lowest BCUT2D eigenvalue weighted by molar-refractivity contribution is 0.0602. The molecular formula is C16H17NO3. The van der Waals surface area contributed by atoms with Crippen molar-refractivity contribution in [1.29, 1.82) is 0 Å². The van der Waals surface area contributed by atoms with Gasteiger partial charge < -0.3 is 15.2 Å². The summed E-state index contributed by atoms with van der Waals surface area (Å²) in [5, 5.41) is 0. The fourth-order valence-electron chi connectivity index (χ4n) is 2.06. The topological polar surface area (TPSA) is 61.5 Å². The molecule has 0 spiro atoms. The van der Waals surface area contributed by atoms with E-state index >= 15 is 0 Å². The van der Waals surface area contributed by atoms with Crippen LogP contribution in [-0.2, 0) is 4.74 Å². The summed E-state index contributed by atoms with van der Waals surface area (Å²) >= 11 is 0. The summed E-state index contributed by atoms with van der Waals surface area (Å²) in [7, 11) is 2.95. The van der Waals surface area contributed by atoms with Gasteiger partial charge in [-0.15, -0.1) is 0 Å². The third kappa shape index (κ3) is 2.59. The highest BCUT2D eigenvalue weighted by atomic mass is 16.5. The number of carbonyl (C=O) groups is 1.